The van der Waals surface area contributed by atoms with E-state index in [-0.39, 0.29) is 34.2 Å². The summed E-state index contributed by atoms with van der Waals surface area (Å²) >= 11 is 0.944. The van der Waals surface area contributed by atoms with Gasteiger partial charge in [-0.2, -0.15) is 0 Å². The highest BCUT2D eigenvalue weighted by molar-refractivity contribution is 7.18. The van der Waals surface area contributed by atoms with Crippen LogP contribution in [0.4, 0.5) is 5.00 Å². The summed E-state index contributed by atoms with van der Waals surface area (Å²) in [4.78, 5) is 48.7. The molecule has 0 aliphatic carbocycles. The molecule has 0 radical (unpaired) electrons. The number of esters is 4. The van der Waals surface area contributed by atoms with Gasteiger partial charge in [0.2, 0.25) is 0 Å². The van der Waals surface area contributed by atoms with Gasteiger partial charge in [0.15, 0.2) is 5.57 Å². The molecule has 0 aromatic carbocycles. The maximum atomic E-state index is 12.3. The maximum Gasteiger partial charge on any atom is 0.350 e. The number of ether oxygens (including phenoxy) is 4. The lowest BCUT2D eigenvalue weighted by atomic mass is 10.1. The molecule has 1 aliphatic rings. The minimum atomic E-state index is -1.36. The van der Waals surface area contributed by atoms with Crippen LogP contribution in [-0.2, 0) is 28.5 Å². The van der Waals surface area contributed by atoms with Gasteiger partial charge < -0.3 is 24.3 Å². The first-order chi connectivity index (χ1) is 13.1. The van der Waals surface area contributed by atoms with Gasteiger partial charge in [-0.25, -0.2) is 19.2 Å². The van der Waals surface area contributed by atoms with Crippen molar-refractivity contribution in [3.05, 3.63) is 27.8 Å². The summed E-state index contributed by atoms with van der Waals surface area (Å²) in [5.41, 5.74) is 0.111. The van der Waals surface area contributed by atoms with Crippen LogP contribution in [0.15, 0.2) is 11.8 Å². The molecule has 0 saturated carbocycles. The predicted molar refractivity (Wildman–Crippen MR) is 98.9 cm³/mol. The second kappa shape index (κ2) is 8.42. The van der Waals surface area contributed by atoms with Gasteiger partial charge in [0.1, 0.15) is 9.88 Å². The van der Waals surface area contributed by atoms with Crippen LogP contribution in [0.3, 0.4) is 0 Å². The van der Waals surface area contributed by atoms with Crippen molar-refractivity contribution >= 4 is 40.2 Å². The molecule has 9 nitrogen and oxygen atoms in total. The molecule has 1 fully saturated rings. The van der Waals surface area contributed by atoms with Crippen molar-refractivity contribution in [3.8, 4) is 0 Å². The van der Waals surface area contributed by atoms with Crippen LogP contribution in [0.25, 0.3) is 0 Å². The van der Waals surface area contributed by atoms with E-state index < -0.39 is 29.7 Å². The van der Waals surface area contributed by atoms with E-state index in [1.165, 1.54) is 13.8 Å². The third kappa shape index (κ3) is 4.50. The third-order valence-corrected chi connectivity index (χ3v) is 4.75. The van der Waals surface area contributed by atoms with Gasteiger partial charge in [-0.1, -0.05) is 0 Å². The molecule has 1 N–H and O–H groups in total. The Hall–Kier alpha value is -2.88. The molecule has 2 heterocycles. The molecule has 10 heteroatoms. The zero-order valence-electron chi connectivity index (χ0n) is 16.2. The number of hydrogen-bond acceptors (Lipinski definition) is 10. The number of anilines is 1. The highest BCUT2D eigenvalue weighted by Gasteiger charge is 2.39. The van der Waals surface area contributed by atoms with E-state index in [4.69, 9.17) is 18.9 Å². The zero-order valence-corrected chi connectivity index (χ0v) is 17.0. The Bertz CT molecular complexity index is 830. The Balaban J connectivity index is 2.40. The fourth-order valence-corrected chi connectivity index (χ4v) is 3.43. The lowest BCUT2D eigenvalue weighted by Gasteiger charge is -2.29. The van der Waals surface area contributed by atoms with Crippen molar-refractivity contribution in [3.63, 3.8) is 0 Å². The summed E-state index contributed by atoms with van der Waals surface area (Å²) in [7, 11) is 0. The standard InChI is InChI=1S/C18H21NO8S/c1-6-24-16(22)11-9(3)12(17(23)25-7-2)28-13(11)19-8-10-14(20)26-18(4,5)27-15(10)21/h8,19H,6-7H2,1-5H3. The lowest BCUT2D eigenvalue weighted by Crippen LogP contribution is -2.42. The van der Waals surface area contributed by atoms with Crippen molar-refractivity contribution < 1.29 is 38.1 Å². The van der Waals surface area contributed by atoms with Crippen LogP contribution in [-0.4, -0.2) is 42.9 Å². The summed E-state index contributed by atoms with van der Waals surface area (Å²) in [6.45, 7) is 8.07. The number of hydrogen-bond donors (Lipinski definition) is 1. The first-order valence-electron chi connectivity index (χ1n) is 8.52. The Kier molecular flexibility index (Phi) is 6.45. The second-order valence-electron chi connectivity index (χ2n) is 6.08. The van der Waals surface area contributed by atoms with Gasteiger partial charge in [0.25, 0.3) is 5.79 Å². The molecular weight excluding hydrogens is 390 g/mol. The van der Waals surface area contributed by atoms with Crippen LogP contribution in [0, 0.1) is 6.92 Å². The van der Waals surface area contributed by atoms with Crippen LogP contribution in [0.1, 0.15) is 53.3 Å². The monoisotopic (exact) mass is 411 g/mol. The highest BCUT2D eigenvalue weighted by atomic mass is 32.1. The quantitative estimate of drug-likeness (QED) is 0.326. The maximum absolute atomic E-state index is 12.3. The molecule has 1 aliphatic heterocycles. The fraction of sp³-hybridized carbons (Fsp3) is 0.444. The van der Waals surface area contributed by atoms with E-state index >= 15 is 0 Å². The predicted octanol–water partition coefficient (Wildman–Crippen LogP) is 2.54. The van der Waals surface area contributed by atoms with Crippen LogP contribution in [0.5, 0.6) is 0 Å². The van der Waals surface area contributed by atoms with E-state index in [1.54, 1.807) is 20.8 Å². The first kappa shape index (κ1) is 21.4. The molecule has 0 bridgehead atoms. The van der Waals surface area contributed by atoms with Crippen molar-refractivity contribution in [2.24, 2.45) is 0 Å². The van der Waals surface area contributed by atoms with Gasteiger partial charge >= 0.3 is 23.9 Å². The second-order valence-corrected chi connectivity index (χ2v) is 7.10. The molecule has 1 aromatic rings. The van der Waals surface area contributed by atoms with Gasteiger partial charge in [0.05, 0.1) is 18.8 Å². The average molecular weight is 411 g/mol. The smallest absolute Gasteiger partial charge is 0.350 e. The van der Waals surface area contributed by atoms with Crippen LogP contribution >= 0.6 is 11.3 Å². The molecular formula is C18H21NO8S. The van der Waals surface area contributed by atoms with Gasteiger partial charge in [-0.05, 0) is 26.3 Å². The molecule has 1 aromatic heterocycles. The van der Waals surface area contributed by atoms with E-state index in [2.05, 4.69) is 5.32 Å². The largest absolute Gasteiger partial charge is 0.462 e. The Morgan fingerprint density at radius 2 is 1.61 bits per heavy atom. The number of cyclic esters (lactones) is 2. The summed E-state index contributed by atoms with van der Waals surface area (Å²) in [5, 5.41) is 2.93. The van der Waals surface area contributed by atoms with Gasteiger partial charge in [-0.3, -0.25) is 0 Å². The van der Waals surface area contributed by atoms with E-state index in [1.807, 2.05) is 0 Å². The van der Waals surface area contributed by atoms with Crippen molar-refractivity contribution in [2.75, 3.05) is 18.5 Å². The lowest BCUT2D eigenvalue weighted by molar-refractivity contribution is -0.222. The molecule has 28 heavy (non-hydrogen) atoms. The Morgan fingerprint density at radius 1 is 1.07 bits per heavy atom. The summed E-state index contributed by atoms with van der Waals surface area (Å²) < 4.78 is 20.0. The Labute approximate surface area is 165 Å². The van der Waals surface area contributed by atoms with Crippen molar-refractivity contribution in [2.45, 2.75) is 40.4 Å². The third-order valence-electron chi connectivity index (χ3n) is 3.55. The minimum absolute atomic E-state index is 0.115. The average Bonchev–Trinajstić information content (AvgIpc) is 2.90. The Morgan fingerprint density at radius 3 is 2.14 bits per heavy atom. The summed E-state index contributed by atoms with van der Waals surface area (Å²) in [6, 6.07) is 0. The van der Waals surface area contributed by atoms with Gasteiger partial charge in [0, 0.05) is 20.0 Å². The molecule has 1 saturated heterocycles. The minimum Gasteiger partial charge on any atom is -0.462 e. The van der Waals surface area contributed by atoms with Crippen LogP contribution < -0.4 is 5.32 Å². The number of rotatable bonds is 6. The SMILES string of the molecule is CCOC(=O)c1sc(NC=C2C(=O)OC(C)(C)OC2=O)c(C(=O)OCC)c1C. The molecule has 0 unspecified atom stereocenters. The van der Waals surface area contributed by atoms with E-state index in [9.17, 15) is 19.2 Å². The van der Waals surface area contributed by atoms with Crippen molar-refractivity contribution in [1.29, 1.82) is 0 Å². The normalized spacial score (nSPS) is 15.4. The zero-order chi connectivity index (χ0) is 21.1. The molecule has 0 spiro atoms. The number of thiophene rings is 1. The van der Waals surface area contributed by atoms with Crippen LogP contribution in [0.2, 0.25) is 0 Å². The van der Waals surface area contributed by atoms with E-state index in [0.717, 1.165) is 17.5 Å². The molecule has 0 amide bonds. The molecule has 2 rings (SSSR count). The summed E-state index contributed by atoms with van der Waals surface area (Å²) in [6.07, 6.45) is 1.07. The number of carbonyl (C=O) groups is 4. The fourth-order valence-electron chi connectivity index (χ4n) is 2.37. The molecule has 0 atom stereocenters. The molecule has 152 valence electrons. The summed E-state index contributed by atoms with van der Waals surface area (Å²) in [5.74, 6) is -4.34. The van der Waals surface area contributed by atoms with Gasteiger partial charge in [-0.15, -0.1) is 11.3 Å². The highest BCUT2D eigenvalue weighted by Crippen LogP contribution is 2.35. The van der Waals surface area contributed by atoms with Crippen molar-refractivity contribution in [1.82, 2.24) is 0 Å². The topological polar surface area (TPSA) is 117 Å². The number of carbonyl (C=O) groups excluding carboxylic acids is 4. The number of nitrogens with one attached hydrogen (secondary N) is 1. The first-order valence-corrected chi connectivity index (χ1v) is 9.33. The van der Waals surface area contributed by atoms with E-state index in [0.29, 0.717) is 5.56 Å².